The third kappa shape index (κ3) is 4.30. The van der Waals surface area contributed by atoms with Gasteiger partial charge in [0.15, 0.2) is 12.4 Å². The molecule has 6 heteroatoms. The number of hydrogen-bond acceptors (Lipinski definition) is 3. The first kappa shape index (κ1) is 20.6. The van der Waals surface area contributed by atoms with Crippen molar-refractivity contribution in [2.24, 2.45) is 23.2 Å². The quantitative estimate of drug-likeness (QED) is 0.256. The molecule has 27 heavy (non-hydrogen) atoms. The molecule has 148 valence electrons. The van der Waals surface area contributed by atoms with Crippen LogP contribution in [0, 0.1) is 23.2 Å². The number of aryl methyl sites for hydroxylation is 1. The molecule has 4 saturated carbocycles. The second-order valence-corrected chi connectivity index (χ2v) is 8.51. The average molecular weight is 484 g/mol. The van der Waals surface area contributed by atoms with Gasteiger partial charge in [0, 0.05) is 6.07 Å². The van der Waals surface area contributed by atoms with Crippen molar-refractivity contribution in [2.75, 3.05) is 13.2 Å². The van der Waals surface area contributed by atoms with Crippen LogP contribution in [0.1, 0.15) is 55.8 Å². The Kier molecular flexibility index (Phi) is 6.43. The molecule has 1 heterocycles. The summed E-state index contributed by atoms with van der Waals surface area (Å²) in [5, 5.41) is 2.85. The Labute approximate surface area is 178 Å². The maximum atomic E-state index is 12.8. The molecule has 1 amide bonds. The number of carbonyl (C=O) groups excluding carboxylic acids is 2. The van der Waals surface area contributed by atoms with Crippen molar-refractivity contribution in [3.8, 4) is 0 Å². The monoisotopic (exact) mass is 484 g/mol. The summed E-state index contributed by atoms with van der Waals surface area (Å²) in [6, 6.07) is 3.66. The Morgan fingerprint density at radius 2 is 1.81 bits per heavy atom. The second-order valence-electron chi connectivity index (χ2n) is 8.51. The summed E-state index contributed by atoms with van der Waals surface area (Å²) in [6.07, 6.45) is 10.8. The van der Waals surface area contributed by atoms with Crippen LogP contribution in [0.3, 0.4) is 0 Å². The number of rotatable bonds is 6. The van der Waals surface area contributed by atoms with E-state index in [-0.39, 0.29) is 47.9 Å². The highest BCUT2D eigenvalue weighted by Crippen LogP contribution is 2.60. The van der Waals surface area contributed by atoms with Crippen LogP contribution in [-0.4, -0.2) is 25.0 Å². The number of ether oxygens (including phenoxy) is 1. The van der Waals surface area contributed by atoms with Gasteiger partial charge in [-0.3, -0.25) is 9.59 Å². The molecule has 0 aliphatic heterocycles. The zero-order chi connectivity index (χ0) is 18.1. The van der Waals surface area contributed by atoms with Gasteiger partial charge in [-0.25, -0.2) is 4.57 Å². The van der Waals surface area contributed by atoms with Gasteiger partial charge in [0.1, 0.15) is 18.7 Å². The molecule has 0 aromatic carbocycles. The van der Waals surface area contributed by atoms with Gasteiger partial charge in [0.2, 0.25) is 0 Å². The Morgan fingerprint density at radius 3 is 2.41 bits per heavy atom. The fourth-order valence-corrected chi connectivity index (χ4v) is 5.78. The van der Waals surface area contributed by atoms with Gasteiger partial charge in [-0.05, 0) is 69.3 Å². The smallest absolute Gasteiger partial charge is 0.312 e. The van der Waals surface area contributed by atoms with Crippen molar-refractivity contribution >= 4 is 11.9 Å². The topological polar surface area (TPSA) is 59.3 Å². The Hall–Kier alpha value is -1.18. The first-order chi connectivity index (χ1) is 12.6. The molecule has 0 spiro atoms. The van der Waals surface area contributed by atoms with E-state index in [9.17, 15) is 9.59 Å². The number of halogens is 1. The van der Waals surface area contributed by atoms with E-state index in [1.54, 1.807) is 6.07 Å². The highest BCUT2D eigenvalue weighted by atomic mass is 127. The highest BCUT2D eigenvalue weighted by molar-refractivity contribution is 5.93. The van der Waals surface area contributed by atoms with Crippen LogP contribution >= 0.6 is 0 Å². The number of pyridine rings is 1. The lowest BCUT2D eigenvalue weighted by Gasteiger charge is -2.55. The largest absolute Gasteiger partial charge is 1.00 e. The zero-order valence-corrected chi connectivity index (χ0v) is 18.1. The fraction of sp³-hybridized carbons (Fsp3) is 0.667. The number of nitrogens with one attached hydrogen (secondary N) is 1. The van der Waals surface area contributed by atoms with Gasteiger partial charge < -0.3 is 34.0 Å². The first-order valence-corrected chi connectivity index (χ1v) is 10.0. The molecular formula is C21H29IN2O3. The normalized spacial score (nSPS) is 30.5. The maximum absolute atomic E-state index is 12.8. The molecule has 4 aliphatic carbocycles. The molecule has 5 nitrogen and oxygen atoms in total. The van der Waals surface area contributed by atoms with E-state index in [0.717, 1.165) is 43.6 Å². The lowest BCUT2D eigenvalue weighted by molar-refractivity contribution is -0.693. The van der Waals surface area contributed by atoms with E-state index in [4.69, 9.17) is 4.74 Å². The summed E-state index contributed by atoms with van der Waals surface area (Å²) < 4.78 is 7.56. The molecule has 0 unspecified atom stereocenters. The van der Waals surface area contributed by atoms with Crippen molar-refractivity contribution in [1.29, 1.82) is 0 Å². The predicted molar refractivity (Wildman–Crippen MR) is 96.2 cm³/mol. The number of hydrogen-bond donors (Lipinski definition) is 1. The summed E-state index contributed by atoms with van der Waals surface area (Å²) in [7, 11) is 0. The van der Waals surface area contributed by atoms with Crippen LogP contribution in [0.15, 0.2) is 24.5 Å². The summed E-state index contributed by atoms with van der Waals surface area (Å²) in [5.41, 5.74) is 0.409. The van der Waals surface area contributed by atoms with Crippen LogP contribution in [0.5, 0.6) is 0 Å². The molecule has 1 aromatic heterocycles. The minimum Gasteiger partial charge on any atom is -1.00 e. The van der Waals surface area contributed by atoms with Gasteiger partial charge in [-0.15, -0.1) is 0 Å². The van der Waals surface area contributed by atoms with Crippen molar-refractivity contribution in [3.05, 3.63) is 30.1 Å². The van der Waals surface area contributed by atoms with E-state index >= 15 is 0 Å². The second kappa shape index (κ2) is 8.45. The standard InChI is InChI=1S/C21H28N2O3.HI/c1-2-23-6-3-4-18(14-23)19(24)22-5-7-26-20(25)21-11-15-8-16(12-21)10-17(9-15)13-21;/h3-4,6,14-17H,2,5,7-13H2,1H3;1H. The van der Waals surface area contributed by atoms with Crippen LogP contribution in [0.25, 0.3) is 0 Å². The molecule has 0 saturated heterocycles. The van der Waals surface area contributed by atoms with Crippen molar-refractivity contribution in [3.63, 3.8) is 0 Å². The molecule has 1 aromatic rings. The number of amides is 1. The summed E-state index contributed by atoms with van der Waals surface area (Å²) in [5.74, 6) is 2.05. The van der Waals surface area contributed by atoms with Crippen LogP contribution < -0.4 is 33.9 Å². The van der Waals surface area contributed by atoms with Crippen LogP contribution in [-0.2, 0) is 16.1 Å². The molecular weight excluding hydrogens is 455 g/mol. The molecule has 4 aliphatic rings. The predicted octanol–water partition coefficient (Wildman–Crippen LogP) is -0.513. The van der Waals surface area contributed by atoms with Crippen LogP contribution in [0.4, 0.5) is 0 Å². The third-order valence-electron chi connectivity index (χ3n) is 6.58. The first-order valence-electron chi connectivity index (χ1n) is 10.0. The van der Waals surface area contributed by atoms with Crippen molar-refractivity contribution < 1.29 is 42.9 Å². The molecule has 0 radical (unpaired) electrons. The number of esters is 1. The van der Waals surface area contributed by atoms with Crippen molar-refractivity contribution in [1.82, 2.24) is 5.32 Å². The van der Waals surface area contributed by atoms with Crippen molar-refractivity contribution in [2.45, 2.75) is 52.0 Å². The lowest BCUT2D eigenvalue weighted by atomic mass is 9.49. The Bertz CT molecular complexity index is 671. The number of aromatic nitrogens is 1. The van der Waals surface area contributed by atoms with Gasteiger partial charge >= 0.3 is 5.97 Å². The Balaban J connectivity index is 0.00000210. The van der Waals surface area contributed by atoms with Gasteiger partial charge in [-0.1, -0.05) is 0 Å². The van der Waals surface area contributed by atoms with E-state index in [1.165, 1.54) is 19.3 Å². The summed E-state index contributed by atoms with van der Waals surface area (Å²) in [4.78, 5) is 25.0. The molecule has 4 bridgehead atoms. The zero-order valence-electron chi connectivity index (χ0n) is 16.0. The molecule has 5 rings (SSSR count). The summed E-state index contributed by atoms with van der Waals surface area (Å²) in [6.45, 7) is 3.47. The SMILES string of the molecule is CC[n+]1cccc(C(=O)NCCOC(=O)C23CC4CC(CC(C4)C2)C3)c1.[I-]. The van der Waals surface area contributed by atoms with Gasteiger partial charge in [-0.2, -0.15) is 0 Å². The lowest BCUT2D eigenvalue weighted by Crippen LogP contribution is -3.00. The van der Waals surface area contributed by atoms with E-state index in [1.807, 2.05) is 30.0 Å². The molecule has 0 atom stereocenters. The van der Waals surface area contributed by atoms with Gasteiger partial charge in [0.05, 0.1) is 12.0 Å². The van der Waals surface area contributed by atoms with E-state index in [2.05, 4.69) is 5.32 Å². The summed E-state index contributed by atoms with van der Waals surface area (Å²) >= 11 is 0. The average Bonchev–Trinajstić information content (AvgIpc) is 2.63. The molecule has 4 fully saturated rings. The number of nitrogens with zero attached hydrogens (tertiary/aromatic N) is 1. The molecule has 1 N–H and O–H groups in total. The number of carbonyl (C=O) groups is 2. The van der Waals surface area contributed by atoms with E-state index < -0.39 is 0 Å². The van der Waals surface area contributed by atoms with Crippen LogP contribution in [0.2, 0.25) is 0 Å². The third-order valence-corrected chi connectivity index (χ3v) is 6.58. The van der Waals surface area contributed by atoms with Gasteiger partial charge in [0.25, 0.3) is 5.91 Å². The van der Waals surface area contributed by atoms with E-state index in [0.29, 0.717) is 12.1 Å². The maximum Gasteiger partial charge on any atom is 0.312 e. The minimum atomic E-state index is -0.217. The fourth-order valence-electron chi connectivity index (χ4n) is 5.78. The highest BCUT2D eigenvalue weighted by Gasteiger charge is 2.55. The Morgan fingerprint density at radius 1 is 1.19 bits per heavy atom. The minimum absolute atomic E-state index is 0.